The van der Waals surface area contributed by atoms with Crippen LogP contribution in [0.2, 0.25) is 0 Å². The molecule has 5 heteroatoms. The second-order valence-corrected chi connectivity index (χ2v) is 5.47. The van der Waals surface area contributed by atoms with Crippen molar-refractivity contribution in [3.8, 4) is 0 Å². The molecule has 1 aromatic heterocycles. The zero-order valence-electron chi connectivity index (χ0n) is 8.88. The lowest BCUT2D eigenvalue weighted by Crippen LogP contribution is -2.08. The highest BCUT2D eigenvalue weighted by Gasteiger charge is 2.19. The Balaban J connectivity index is 2.36. The Morgan fingerprint density at radius 3 is 2.41 bits per heavy atom. The van der Waals surface area contributed by atoms with E-state index in [1.165, 1.54) is 24.4 Å². The Morgan fingerprint density at radius 2 is 1.76 bits per heavy atom. The molecule has 0 fully saturated rings. The van der Waals surface area contributed by atoms with Crippen molar-refractivity contribution >= 4 is 9.84 Å². The van der Waals surface area contributed by atoms with Crippen molar-refractivity contribution in [2.45, 2.75) is 10.6 Å². The number of halogens is 1. The summed E-state index contributed by atoms with van der Waals surface area (Å²) in [7, 11) is -3.68. The fourth-order valence-corrected chi connectivity index (χ4v) is 2.82. The zero-order valence-corrected chi connectivity index (χ0v) is 9.69. The van der Waals surface area contributed by atoms with E-state index in [-0.39, 0.29) is 10.6 Å². The van der Waals surface area contributed by atoms with Crippen LogP contribution in [0.1, 0.15) is 5.69 Å². The molecular weight excluding hydrogens is 241 g/mol. The van der Waals surface area contributed by atoms with E-state index in [2.05, 4.69) is 4.98 Å². The Morgan fingerprint density at radius 1 is 1.06 bits per heavy atom. The summed E-state index contributed by atoms with van der Waals surface area (Å²) in [5, 5.41) is 0. The fourth-order valence-electron chi connectivity index (χ4n) is 1.45. The van der Waals surface area contributed by atoms with Crippen molar-refractivity contribution in [1.29, 1.82) is 0 Å². The summed E-state index contributed by atoms with van der Waals surface area (Å²) < 4.78 is 37.3. The van der Waals surface area contributed by atoms with Crippen molar-refractivity contribution in [2.24, 2.45) is 0 Å². The molecule has 3 nitrogen and oxygen atoms in total. The molecule has 2 aromatic rings. The summed E-state index contributed by atoms with van der Waals surface area (Å²) in [6.07, 6.45) is 1.51. The minimum Gasteiger partial charge on any atom is -0.260 e. The summed E-state index contributed by atoms with van der Waals surface area (Å²) in [6.45, 7) is 0. The van der Waals surface area contributed by atoms with Crippen molar-refractivity contribution in [2.75, 3.05) is 0 Å². The highest BCUT2D eigenvalue weighted by molar-refractivity contribution is 7.90. The molecule has 88 valence electrons. The second kappa shape index (κ2) is 4.63. The minimum atomic E-state index is -3.68. The lowest BCUT2D eigenvalue weighted by Gasteiger charge is -2.04. The van der Waals surface area contributed by atoms with E-state index < -0.39 is 15.7 Å². The lowest BCUT2D eigenvalue weighted by atomic mass is 10.3. The summed E-state index contributed by atoms with van der Waals surface area (Å²) in [6, 6.07) is 10.3. The van der Waals surface area contributed by atoms with Gasteiger partial charge in [0.25, 0.3) is 0 Å². The lowest BCUT2D eigenvalue weighted by molar-refractivity contribution is 0.566. The number of hydrogen-bond acceptors (Lipinski definition) is 3. The third-order valence-electron chi connectivity index (χ3n) is 2.24. The first-order valence-corrected chi connectivity index (χ1v) is 6.62. The van der Waals surface area contributed by atoms with Gasteiger partial charge in [-0.25, -0.2) is 12.8 Å². The number of sulfone groups is 1. The van der Waals surface area contributed by atoms with Crippen LogP contribution >= 0.6 is 0 Å². The molecule has 0 N–H and O–H groups in total. The van der Waals surface area contributed by atoms with Gasteiger partial charge in [-0.2, -0.15) is 0 Å². The molecular formula is C12H10FNO2S. The van der Waals surface area contributed by atoms with Crippen LogP contribution in [0.5, 0.6) is 0 Å². The molecule has 0 saturated heterocycles. The van der Waals surface area contributed by atoms with E-state index >= 15 is 0 Å². The third-order valence-corrected chi connectivity index (χ3v) is 3.91. The summed E-state index contributed by atoms with van der Waals surface area (Å²) in [5.74, 6) is -1.03. The quantitative estimate of drug-likeness (QED) is 0.840. The van der Waals surface area contributed by atoms with Gasteiger partial charge in [0, 0.05) is 6.20 Å². The van der Waals surface area contributed by atoms with Crippen LogP contribution in [-0.4, -0.2) is 13.4 Å². The highest BCUT2D eigenvalue weighted by Crippen LogP contribution is 2.18. The molecule has 0 unspecified atom stereocenters. The van der Waals surface area contributed by atoms with E-state index in [4.69, 9.17) is 0 Å². The minimum absolute atomic E-state index is 0.286. The maximum absolute atomic E-state index is 13.4. The molecule has 0 saturated carbocycles. The van der Waals surface area contributed by atoms with Crippen LogP contribution in [0.3, 0.4) is 0 Å². The summed E-state index contributed by atoms with van der Waals surface area (Å²) >= 11 is 0. The largest absolute Gasteiger partial charge is 0.260 e. The number of rotatable bonds is 3. The fraction of sp³-hybridized carbons (Fsp3) is 0.0833. The number of aromatic nitrogens is 1. The number of nitrogens with zero attached hydrogens (tertiary/aromatic N) is 1. The van der Waals surface area contributed by atoms with Crippen LogP contribution in [0.25, 0.3) is 0 Å². The smallest absolute Gasteiger partial charge is 0.186 e. The molecule has 0 aliphatic carbocycles. The van der Waals surface area contributed by atoms with E-state index in [9.17, 15) is 12.8 Å². The molecule has 1 heterocycles. The van der Waals surface area contributed by atoms with Gasteiger partial charge in [-0.15, -0.1) is 0 Å². The number of pyridine rings is 1. The molecule has 0 atom stereocenters. The molecule has 0 bridgehead atoms. The van der Waals surface area contributed by atoms with Crippen molar-refractivity contribution in [3.05, 3.63) is 60.2 Å². The van der Waals surface area contributed by atoms with E-state index in [1.54, 1.807) is 18.2 Å². The van der Waals surface area contributed by atoms with Crippen molar-refractivity contribution in [3.63, 3.8) is 0 Å². The molecule has 17 heavy (non-hydrogen) atoms. The van der Waals surface area contributed by atoms with Gasteiger partial charge in [-0.3, -0.25) is 4.98 Å². The van der Waals surface area contributed by atoms with Crippen LogP contribution in [0, 0.1) is 5.82 Å². The Bertz CT molecular complexity index is 611. The van der Waals surface area contributed by atoms with Crippen LogP contribution in [0.15, 0.2) is 53.6 Å². The normalized spacial score (nSPS) is 11.4. The molecule has 0 amide bonds. The first-order valence-electron chi connectivity index (χ1n) is 4.97. The molecule has 0 radical (unpaired) electrons. The first-order chi connectivity index (χ1) is 8.09. The molecule has 0 aliphatic heterocycles. The Labute approximate surface area is 98.9 Å². The molecule has 2 rings (SSSR count). The number of hydrogen-bond donors (Lipinski definition) is 0. The SMILES string of the molecule is O=S(=O)(Cc1ccccn1)c1ccccc1F. The maximum atomic E-state index is 13.4. The van der Waals surface area contributed by atoms with Crippen molar-refractivity contribution < 1.29 is 12.8 Å². The molecule has 0 aliphatic rings. The highest BCUT2D eigenvalue weighted by atomic mass is 32.2. The van der Waals surface area contributed by atoms with Crippen LogP contribution in [0.4, 0.5) is 4.39 Å². The predicted octanol–water partition coefficient (Wildman–Crippen LogP) is 2.19. The van der Waals surface area contributed by atoms with Gasteiger partial charge in [0.2, 0.25) is 0 Å². The number of benzene rings is 1. The predicted molar refractivity (Wildman–Crippen MR) is 61.5 cm³/mol. The third kappa shape index (κ3) is 2.68. The van der Waals surface area contributed by atoms with E-state index in [0.29, 0.717) is 5.69 Å². The Kier molecular flexibility index (Phi) is 3.19. The average Bonchev–Trinajstić information content (AvgIpc) is 2.30. The van der Waals surface area contributed by atoms with Crippen LogP contribution < -0.4 is 0 Å². The Hall–Kier alpha value is -1.75. The maximum Gasteiger partial charge on any atom is 0.186 e. The van der Waals surface area contributed by atoms with E-state index in [0.717, 1.165) is 6.07 Å². The van der Waals surface area contributed by atoms with Gasteiger partial charge in [0.15, 0.2) is 9.84 Å². The molecule has 1 aromatic carbocycles. The van der Waals surface area contributed by atoms with Gasteiger partial charge >= 0.3 is 0 Å². The zero-order chi connectivity index (χ0) is 12.3. The molecule has 0 spiro atoms. The van der Waals surface area contributed by atoms with E-state index in [1.807, 2.05) is 0 Å². The van der Waals surface area contributed by atoms with Crippen molar-refractivity contribution in [1.82, 2.24) is 4.98 Å². The monoisotopic (exact) mass is 251 g/mol. The van der Waals surface area contributed by atoms with Gasteiger partial charge in [-0.05, 0) is 24.3 Å². The van der Waals surface area contributed by atoms with Gasteiger partial charge in [0.05, 0.1) is 11.4 Å². The first kappa shape index (κ1) is 11.7. The topological polar surface area (TPSA) is 47.0 Å². The van der Waals surface area contributed by atoms with Gasteiger partial charge < -0.3 is 0 Å². The summed E-state index contributed by atoms with van der Waals surface area (Å²) in [5.41, 5.74) is 0.399. The average molecular weight is 251 g/mol. The second-order valence-electron chi connectivity index (χ2n) is 3.51. The summed E-state index contributed by atoms with van der Waals surface area (Å²) in [4.78, 5) is 3.63. The van der Waals surface area contributed by atoms with Gasteiger partial charge in [0.1, 0.15) is 10.7 Å². The van der Waals surface area contributed by atoms with Crippen LogP contribution in [-0.2, 0) is 15.6 Å². The van der Waals surface area contributed by atoms with Gasteiger partial charge in [-0.1, -0.05) is 18.2 Å². The standard InChI is InChI=1S/C12H10FNO2S/c13-11-6-1-2-7-12(11)17(15,16)9-10-5-3-4-8-14-10/h1-8H,9H2.